The zero-order chi connectivity index (χ0) is 17.1. The number of thioether (sulfide) groups is 1. The van der Waals surface area contributed by atoms with Crippen LogP contribution in [0.15, 0.2) is 23.4 Å². The van der Waals surface area contributed by atoms with E-state index in [0.717, 1.165) is 49.9 Å². The molecule has 1 atom stereocenters. The first-order chi connectivity index (χ1) is 11.6. The van der Waals surface area contributed by atoms with E-state index in [1.54, 1.807) is 18.1 Å². The summed E-state index contributed by atoms with van der Waals surface area (Å²) in [5.41, 5.74) is 0.823. The maximum absolute atomic E-state index is 12.6. The van der Waals surface area contributed by atoms with E-state index in [-0.39, 0.29) is 23.5 Å². The summed E-state index contributed by atoms with van der Waals surface area (Å²) in [5, 5.41) is 0.448. The molecule has 3 heterocycles. The number of hydrogen-bond donors (Lipinski definition) is 0. The second-order valence-electron chi connectivity index (χ2n) is 6.26. The van der Waals surface area contributed by atoms with E-state index in [2.05, 4.69) is 16.8 Å². The van der Waals surface area contributed by atoms with Gasteiger partial charge in [0.2, 0.25) is 11.8 Å². The van der Waals surface area contributed by atoms with Crippen molar-refractivity contribution >= 4 is 29.3 Å². The first-order valence-corrected chi connectivity index (χ1v) is 9.37. The van der Waals surface area contributed by atoms with Gasteiger partial charge < -0.3 is 9.80 Å². The number of anilines is 1. The van der Waals surface area contributed by atoms with Gasteiger partial charge in [0.15, 0.2) is 0 Å². The fraction of sp³-hybridized carbons (Fsp3) is 0.588. The van der Waals surface area contributed by atoms with Crippen molar-refractivity contribution in [2.45, 2.75) is 30.0 Å². The molecule has 2 aliphatic rings. The summed E-state index contributed by atoms with van der Waals surface area (Å²) in [6.07, 6.45) is 3.11. The number of amides is 2. The SMILES string of the molecule is CCCN1CCN(C(=O)CC2Sc3ncccc3N(C)C2=O)CC1. The third-order valence-corrected chi connectivity index (χ3v) is 5.79. The molecule has 6 nitrogen and oxygen atoms in total. The molecule has 2 aliphatic heterocycles. The Morgan fingerprint density at radius 3 is 2.79 bits per heavy atom. The lowest BCUT2D eigenvalue weighted by molar-refractivity contribution is -0.134. The van der Waals surface area contributed by atoms with Crippen molar-refractivity contribution in [3.8, 4) is 0 Å². The van der Waals surface area contributed by atoms with E-state index in [0.29, 0.717) is 0 Å². The minimum absolute atomic E-state index is 0.0153. The van der Waals surface area contributed by atoms with Crippen LogP contribution in [0.5, 0.6) is 0 Å². The molecule has 0 spiro atoms. The van der Waals surface area contributed by atoms with Crippen LogP contribution in [0.1, 0.15) is 19.8 Å². The number of hydrogen-bond acceptors (Lipinski definition) is 5. The van der Waals surface area contributed by atoms with Crippen molar-refractivity contribution < 1.29 is 9.59 Å². The Morgan fingerprint density at radius 1 is 1.33 bits per heavy atom. The number of piperazine rings is 1. The molecular formula is C17H24N4O2S. The molecule has 1 aromatic heterocycles. The Hall–Kier alpha value is -1.60. The molecule has 2 amide bonds. The second-order valence-corrected chi connectivity index (χ2v) is 7.45. The third kappa shape index (κ3) is 3.57. The fourth-order valence-electron chi connectivity index (χ4n) is 3.20. The lowest BCUT2D eigenvalue weighted by Gasteiger charge is -2.36. The first kappa shape index (κ1) is 17.2. The Kier molecular flexibility index (Phi) is 5.40. The zero-order valence-electron chi connectivity index (χ0n) is 14.3. The molecule has 1 aromatic rings. The highest BCUT2D eigenvalue weighted by Gasteiger charge is 2.35. The van der Waals surface area contributed by atoms with E-state index in [1.165, 1.54) is 11.8 Å². The monoisotopic (exact) mass is 348 g/mol. The number of aromatic nitrogens is 1. The van der Waals surface area contributed by atoms with Gasteiger partial charge >= 0.3 is 0 Å². The molecule has 7 heteroatoms. The van der Waals surface area contributed by atoms with E-state index in [1.807, 2.05) is 17.0 Å². The van der Waals surface area contributed by atoms with Crippen molar-refractivity contribution in [3.05, 3.63) is 18.3 Å². The quantitative estimate of drug-likeness (QED) is 0.825. The summed E-state index contributed by atoms with van der Waals surface area (Å²) in [6.45, 7) is 6.63. The van der Waals surface area contributed by atoms with Crippen molar-refractivity contribution in [3.63, 3.8) is 0 Å². The summed E-state index contributed by atoms with van der Waals surface area (Å²) < 4.78 is 0. The molecule has 130 valence electrons. The summed E-state index contributed by atoms with van der Waals surface area (Å²) in [7, 11) is 1.75. The van der Waals surface area contributed by atoms with Crippen LogP contribution < -0.4 is 4.90 Å². The van der Waals surface area contributed by atoms with E-state index >= 15 is 0 Å². The molecule has 0 aromatic carbocycles. The minimum Gasteiger partial charge on any atom is -0.340 e. The average Bonchev–Trinajstić information content (AvgIpc) is 2.60. The molecule has 1 unspecified atom stereocenters. The molecule has 0 radical (unpaired) electrons. The van der Waals surface area contributed by atoms with Crippen molar-refractivity contribution in [2.24, 2.45) is 0 Å². The van der Waals surface area contributed by atoms with Crippen molar-refractivity contribution in [1.29, 1.82) is 0 Å². The Balaban J connectivity index is 1.60. The van der Waals surface area contributed by atoms with Gasteiger partial charge in [0.25, 0.3) is 0 Å². The lowest BCUT2D eigenvalue weighted by Crippen LogP contribution is -2.50. The van der Waals surface area contributed by atoms with Crippen LogP contribution in [0.25, 0.3) is 0 Å². The summed E-state index contributed by atoms with van der Waals surface area (Å²) in [5.74, 6) is 0.0586. The maximum atomic E-state index is 12.6. The van der Waals surface area contributed by atoms with Crippen LogP contribution in [-0.2, 0) is 9.59 Å². The number of carbonyl (C=O) groups excluding carboxylic acids is 2. The van der Waals surface area contributed by atoms with Crippen LogP contribution >= 0.6 is 11.8 Å². The van der Waals surface area contributed by atoms with E-state index < -0.39 is 0 Å². The van der Waals surface area contributed by atoms with Crippen molar-refractivity contribution in [2.75, 3.05) is 44.7 Å². The Morgan fingerprint density at radius 2 is 2.08 bits per heavy atom. The predicted octanol–water partition coefficient (Wildman–Crippen LogP) is 1.46. The highest BCUT2D eigenvalue weighted by molar-refractivity contribution is 8.00. The van der Waals surface area contributed by atoms with Gasteiger partial charge in [-0.05, 0) is 25.1 Å². The molecule has 1 saturated heterocycles. The number of nitrogens with zero attached hydrogens (tertiary/aromatic N) is 4. The van der Waals surface area contributed by atoms with Gasteiger partial charge in [-0.1, -0.05) is 18.7 Å². The van der Waals surface area contributed by atoms with Crippen molar-refractivity contribution in [1.82, 2.24) is 14.8 Å². The number of pyridine rings is 1. The number of carbonyl (C=O) groups is 2. The van der Waals surface area contributed by atoms with Gasteiger partial charge in [0.05, 0.1) is 10.9 Å². The van der Waals surface area contributed by atoms with Crippen LogP contribution in [0.3, 0.4) is 0 Å². The second kappa shape index (κ2) is 7.53. The minimum atomic E-state index is -0.376. The molecule has 0 saturated carbocycles. The highest BCUT2D eigenvalue weighted by Crippen LogP contribution is 2.38. The lowest BCUT2D eigenvalue weighted by atomic mass is 10.2. The largest absolute Gasteiger partial charge is 0.340 e. The highest BCUT2D eigenvalue weighted by atomic mass is 32.2. The standard InChI is InChI=1S/C17H24N4O2S/c1-3-7-20-8-10-21(11-9-20)15(22)12-14-17(23)19(2)13-5-4-6-18-16(13)24-14/h4-6,14H,3,7-12H2,1-2H3. The van der Waals surface area contributed by atoms with Gasteiger partial charge in [-0.2, -0.15) is 0 Å². The van der Waals surface area contributed by atoms with Gasteiger partial charge in [0.1, 0.15) is 5.03 Å². The normalized spacial score (nSPS) is 21.8. The average molecular weight is 348 g/mol. The third-order valence-electron chi connectivity index (χ3n) is 4.60. The predicted molar refractivity (Wildman–Crippen MR) is 95.2 cm³/mol. The van der Waals surface area contributed by atoms with E-state index in [4.69, 9.17) is 0 Å². The molecule has 0 aliphatic carbocycles. The summed E-state index contributed by atoms with van der Waals surface area (Å²) >= 11 is 1.41. The summed E-state index contributed by atoms with van der Waals surface area (Å²) in [4.78, 5) is 35.4. The molecule has 1 fully saturated rings. The zero-order valence-corrected chi connectivity index (χ0v) is 15.1. The Labute approximate surface area is 147 Å². The molecular weight excluding hydrogens is 324 g/mol. The van der Waals surface area contributed by atoms with E-state index in [9.17, 15) is 9.59 Å². The topological polar surface area (TPSA) is 56.8 Å². The number of fused-ring (bicyclic) bond motifs is 1. The maximum Gasteiger partial charge on any atom is 0.240 e. The molecule has 0 bridgehead atoms. The Bertz CT molecular complexity index is 616. The van der Waals surface area contributed by atoms with Gasteiger partial charge in [-0.25, -0.2) is 4.98 Å². The van der Waals surface area contributed by atoms with Crippen LogP contribution in [0, 0.1) is 0 Å². The molecule has 24 heavy (non-hydrogen) atoms. The molecule has 3 rings (SSSR count). The smallest absolute Gasteiger partial charge is 0.240 e. The number of rotatable bonds is 4. The summed E-state index contributed by atoms with van der Waals surface area (Å²) in [6, 6.07) is 3.71. The first-order valence-electron chi connectivity index (χ1n) is 8.49. The molecule has 0 N–H and O–H groups in total. The fourth-order valence-corrected chi connectivity index (χ4v) is 4.40. The van der Waals surface area contributed by atoms with Crippen LogP contribution in [0.4, 0.5) is 5.69 Å². The van der Waals surface area contributed by atoms with Crippen LogP contribution in [-0.4, -0.2) is 71.6 Å². The van der Waals surface area contributed by atoms with Gasteiger partial charge in [-0.15, -0.1) is 0 Å². The van der Waals surface area contributed by atoms with Gasteiger partial charge in [-0.3, -0.25) is 14.5 Å². The van der Waals surface area contributed by atoms with Gasteiger partial charge in [0, 0.05) is 45.8 Å². The van der Waals surface area contributed by atoms with Crippen LogP contribution in [0.2, 0.25) is 0 Å².